The van der Waals surface area contributed by atoms with Crippen molar-refractivity contribution in [2.24, 2.45) is 5.41 Å². The third-order valence-corrected chi connectivity index (χ3v) is 8.63. The van der Waals surface area contributed by atoms with Crippen molar-refractivity contribution < 1.29 is 48.4 Å². The summed E-state index contributed by atoms with van der Waals surface area (Å²) in [4.78, 5) is 49.3. The van der Waals surface area contributed by atoms with Crippen LogP contribution in [0.4, 0.5) is 0 Å². The molecule has 0 unspecified atom stereocenters. The molecule has 0 radical (unpaired) electrons. The van der Waals surface area contributed by atoms with Gasteiger partial charge in [-0.15, -0.1) is 0 Å². The average molecular weight is 574 g/mol. The van der Waals surface area contributed by atoms with E-state index >= 15 is 0 Å². The largest absolute Gasteiger partial charge is 0.499 e. The summed E-state index contributed by atoms with van der Waals surface area (Å²) in [5, 5.41) is 22.4. The molecule has 41 heavy (non-hydrogen) atoms. The summed E-state index contributed by atoms with van der Waals surface area (Å²) in [6.45, 7) is 0.461. The van der Waals surface area contributed by atoms with E-state index in [1.165, 1.54) is 11.3 Å². The highest BCUT2D eigenvalue weighted by atomic mass is 16.8. The normalized spacial score (nSPS) is 34.1. The number of nitrogens with zero attached hydrogens (tertiary/aromatic N) is 2. The molecule has 6 rings (SSSR count). The molecule has 0 aromatic heterocycles. The van der Waals surface area contributed by atoms with Gasteiger partial charge in [-0.25, -0.2) is 0 Å². The SMILES string of the molecule is O=C(NCCO)[C@H]1CCCN1C(=O)[C@@]12C[C@H]3OC(=O)[C@@H]1N(Cc1ccccc1C=COCCO)O[C@@H]2[C@H]1OCO[C@H]13. The number of rotatable bonds is 10. The summed E-state index contributed by atoms with van der Waals surface area (Å²) in [6.07, 6.45) is 1.85. The van der Waals surface area contributed by atoms with Crippen LogP contribution in [-0.4, -0.2) is 114 Å². The van der Waals surface area contributed by atoms with E-state index in [1.54, 1.807) is 11.0 Å². The second-order valence-corrected chi connectivity index (χ2v) is 10.9. The molecule has 2 amide bonds. The number of benzene rings is 1. The van der Waals surface area contributed by atoms with Gasteiger partial charge < -0.3 is 39.4 Å². The van der Waals surface area contributed by atoms with Crippen LogP contribution in [-0.2, 0) is 44.7 Å². The molecule has 0 spiro atoms. The molecule has 5 fully saturated rings. The Morgan fingerprint density at radius 2 is 2.00 bits per heavy atom. The standard InChI is InChI=1S/C28H35N3O10/c32-10-8-29-25(34)19-6-3-9-30(19)27(36)28-14-20-21-22(39-16-38-21)24(28)41-31(23(28)26(35)40-20)15-18-5-2-1-4-17(18)7-12-37-13-11-33/h1-2,4-5,7,12,19-24,32-33H,3,6,8-11,13-16H2,(H,29,34)/t19-,20-,21+,22+,23+,24-,28+/m1/s1. The number of carbonyl (C=O) groups excluding carboxylic acids is 3. The Balaban J connectivity index is 1.34. The molecule has 222 valence electrons. The Morgan fingerprint density at radius 1 is 1.17 bits per heavy atom. The lowest BCUT2D eigenvalue weighted by Crippen LogP contribution is -2.70. The molecule has 4 aliphatic heterocycles. The quantitative estimate of drug-likeness (QED) is 0.185. The van der Waals surface area contributed by atoms with Crippen molar-refractivity contribution in [1.82, 2.24) is 15.3 Å². The van der Waals surface area contributed by atoms with E-state index in [4.69, 9.17) is 28.9 Å². The molecule has 4 saturated heterocycles. The molecule has 5 aliphatic rings. The number of nitrogens with one attached hydrogen (secondary N) is 1. The van der Waals surface area contributed by atoms with Crippen molar-refractivity contribution in [3.63, 3.8) is 0 Å². The molecule has 1 saturated carbocycles. The number of fused-ring (bicyclic) bond motifs is 4. The lowest BCUT2D eigenvalue weighted by molar-refractivity contribution is -0.204. The average Bonchev–Trinajstić information content (AvgIpc) is 3.73. The summed E-state index contributed by atoms with van der Waals surface area (Å²) < 4.78 is 22.9. The zero-order valence-corrected chi connectivity index (χ0v) is 22.6. The van der Waals surface area contributed by atoms with Crippen molar-refractivity contribution in [1.29, 1.82) is 0 Å². The van der Waals surface area contributed by atoms with Gasteiger partial charge in [-0.3, -0.25) is 19.2 Å². The highest BCUT2D eigenvalue weighted by Gasteiger charge is 2.75. The number of aliphatic hydroxyl groups is 2. The minimum absolute atomic E-state index is 0.00441. The zero-order valence-electron chi connectivity index (χ0n) is 22.6. The summed E-state index contributed by atoms with van der Waals surface area (Å²) in [6, 6.07) is 5.74. The number of ether oxygens (including phenoxy) is 4. The number of esters is 1. The predicted molar refractivity (Wildman–Crippen MR) is 139 cm³/mol. The van der Waals surface area contributed by atoms with Crippen LogP contribution < -0.4 is 5.32 Å². The summed E-state index contributed by atoms with van der Waals surface area (Å²) >= 11 is 0. The minimum Gasteiger partial charge on any atom is -0.499 e. The van der Waals surface area contributed by atoms with E-state index < -0.39 is 47.9 Å². The Morgan fingerprint density at radius 3 is 2.83 bits per heavy atom. The Kier molecular flexibility index (Phi) is 7.99. The second kappa shape index (κ2) is 11.7. The maximum absolute atomic E-state index is 14.6. The molecule has 13 nitrogen and oxygen atoms in total. The monoisotopic (exact) mass is 573 g/mol. The van der Waals surface area contributed by atoms with Gasteiger partial charge in [0.2, 0.25) is 11.8 Å². The van der Waals surface area contributed by atoms with Crippen LogP contribution in [0.1, 0.15) is 30.4 Å². The van der Waals surface area contributed by atoms with Crippen molar-refractivity contribution in [2.45, 2.75) is 62.3 Å². The van der Waals surface area contributed by atoms with Crippen LogP contribution >= 0.6 is 0 Å². The second-order valence-electron chi connectivity index (χ2n) is 10.9. The van der Waals surface area contributed by atoms with Gasteiger partial charge in [0.25, 0.3) is 0 Å². The number of likely N-dealkylation sites (tertiary alicyclic amines) is 1. The summed E-state index contributed by atoms with van der Waals surface area (Å²) in [7, 11) is 0. The van der Waals surface area contributed by atoms with Gasteiger partial charge in [-0.05, 0) is 30.0 Å². The maximum Gasteiger partial charge on any atom is 0.327 e. The molecule has 3 N–H and O–H groups in total. The van der Waals surface area contributed by atoms with Gasteiger partial charge >= 0.3 is 5.97 Å². The Bertz CT molecular complexity index is 1200. The smallest absolute Gasteiger partial charge is 0.327 e. The van der Waals surface area contributed by atoms with Crippen molar-refractivity contribution in [3.05, 3.63) is 41.7 Å². The predicted octanol–water partition coefficient (Wildman–Crippen LogP) is -0.693. The first kappa shape index (κ1) is 28.1. The Hall–Kier alpha value is -3.07. The molecule has 4 heterocycles. The van der Waals surface area contributed by atoms with Crippen molar-refractivity contribution in [2.75, 3.05) is 39.7 Å². The minimum atomic E-state index is -1.34. The van der Waals surface area contributed by atoms with Crippen LogP contribution in [0.25, 0.3) is 6.08 Å². The molecular weight excluding hydrogens is 538 g/mol. The third kappa shape index (κ3) is 4.80. The van der Waals surface area contributed by atoms with E-state index in [0.29, 0.717) is 19.4 Å². The van der Waals surface area contributed by atoms with Crippen LogP contribution in [0.15, 0.2) is 30.5 Å². The summed E-state index contributed by atoms with van der Waals surface area (Å²) in [5.41, 5.74) is 0.281. The van der Waals surface area contributed by atoms with Gasteiger partial charge in [0.15, 0.2) is 6.04 Å². The topological polar surface area (TPSA) is 156 Å². The van der Waals surface area contributed by atoms with Crippen LogP contribution in [0.3, 0.4) is 0 Å². The van der Waals surface area contributed by atoms with Crippen LogP contribution in [0, 0.1) is 5.41 Å². The van der Waals surface area contributed by atoms with Crippen molar-refractivity contribution >= 4 is 23.9 Å². The number of hydrogen-bond donors (Lipinski definition) is 3. The van der Waals surface area contributed by atoms with E-state index in [2.05, 4.69) is 5.32 Å². The molecule has 7 atom stereocenters. The van der Waals surface area contributed by atoms with E-state index in [1.807, 2.05) is 24.3 Å². The van der Waals surface area contributed by atoms with E-state index in [9.17, 15) is 19.5 Å². The van der Waals surface area contributed by atoms with Gasteiger partial charge in [0, 0.05) is 19.5 Å². The van der Waals surface area contributed by atoms with Crippen molar-refractivity contribution in [3.8, 4) is 0 Å². The lowest BCUT2D eigenvalue weighted by atomic mass is 9.62. The van der Waals surface area contributed by atoms with Gasteiger partial charge in [-0.2, -0.15) is 5.06 Å². The zero-order chi connectivity index (χ0) is 28.6. The number of aliphatic hydroxyl groups excluding tert-OH is 2. The third-order valence-electron chi connectivity index (χ3n) is 8.63. The fourth-order valence-corrected chi connectivity index (χ4v) is 6.91. The highest BCUT2D eigenvalue weighted by Crippen LogP contribution is 2.56. The first-order valence-corrected chi connectivity index (χ1v) is 14.0. The van der Waals surface area contributed by atoms with Crippen LogP contribution in [0.5, 0.6) is 0 Å². The highest BCUT2D eigenvalue weighted by molar-refractivity contribution is 5.96. The Labute approximate surface area is 236 Å². The van der Waals surface area contributed by atoms with Gasteiger partial charge in [0.1, 0.15) is 49.3 Å². The molecule has 13 heteroatoms. The van der Waals surface area contributed by atoms with Gasteiger partial charge in [-0.1, -0.05) is 24.3 Å². The summed E-state index contributed by atoms with van der Waals surface area (Å²) in [5.74, 6) is -1.25. The lowest BCUT2D eigenvalue weighted by Gasteiger charge is -2.50. The molecule has 1 aliphatic carbocycles. The maximum atomic E-state index is 14.6. The first-order valence-electron chi connectivity index (χ1n) is 14.0. The molecule has 2 bridgehead atoms. The number of carbonyl (C=O) groups is 3. The van der Waals surface area contributed by atoms with E-state index in [0.717, 1.165) is 11.1 Å². The first-order chi connectivity index (χ1) is 20.0. The van der Waals surface area contributed by atoms with E-state index in [-0.39, 0.29) is 57.9 Å². The molecule has 1 aromatic carbocycles. The van der Waals surface area contributed by atoms with Crippen LogP contribution in [0.2, 0.25) is 0 Å². The number of hydroxylamine groups is 2. The molecular formula is C28H35N3O10. The number of hydrogen-bond acceptors (Lipinski definition) is 11. The number of amides is 2. The molecule has 1 aromatic rings. The fourth-order valence-electron chi connectivity index (χ4n) is 6.91. The van der Waals surface area contributed by atoms with Gasteiger partial charge in [0.05, 0.1) is 26.0 Å². The fraction of sp³-hybridized carbons (Fsp3) is 0.607.